The molecule has 0 amide bonds. The summed E-state index contributed by atoms with van der Waals surface area (Å²) in [5.74, 6) is 0. The second kappa shape index (κ2) is 7.00. The highest BCUT2D eigenvalue weighted by Crippen LogP contribution is 2.53. The SMILES string of the molecule is CC1(C)c2ccc(B3OC(C)(C)C(C)(C)O3)cc2-c2ccc3c4ccccc4c4ccccc4c3c21. The summed E-state index contributed by atoms with van der Waals surface area (Å²) in [6, 6.07) is 29.2. The lowest BCUT2D eigenvalue weighted by molar-refractivity contribution is 0.00578. The van der Waals surface area contributed by atoms with E-state index in [0.29, 0.717) is 0 Å². The molecule has 0 aromatic heterocycles. The molecule has 1 aliphatic carbocycles. The molecule has 1 fully saturated rings. The van der Waals surface area contributed by atoms with Crippen LogP contribution in [0.5, 0.6) is 0 Å². The Bertz CT molecular complexity index is 1680. The summed E-state index contributed by atoms with van der Waals surface area (Å²) < 4.78 is 12.8. The summed E-state index contributed by atoms with van der Waals surface area (Å²) >= 11 is 0. The maximum absolute atomic E-state index is 6.40. The normalized spacial score (nSPS) is 19.2. The molecule has 3 heteroatoms. The quantitative estimate of drug-likeness (QED) is 0.184. The van der Waals surface area contributed by atoms with Crippen molar-refractivity contribution in [3.63, 3.8) is 0 Å². The molecule has 1 aliphatic heterocycles. The molecule has 36 heavy (non-hydrogen) atoms. The zero-order valence-corrected chi connectivity index (χ0v) is 21.9. The zero-order chi connectivity index (χ0) is 25.0. The minimum atomic E-state index is -0.363. The van der Waals surface area contributed by atoms with Gasteiger partial charge in [-0.1, -0.05) is 92.7 Å². The summed E-state index contributed by atoms with van der Waals surface area (Å²) in [4.78, 5) is 0. The fraction of sp³-hybridized carbons (Fsp3) is 0.273. The molecule has 7 rings (SSSR count). The average molecular weight is 470 g/mol. The first kappa shape index (κ1) is 22.1. The van der Waals surface area contributed by atoms with Gasteiger partial charge in [-0.2, -0.15) is 0 Å². The molecule has 0 unspecified atom stereocenters. The van der Waals surface area contributed by atoms with Gasteiger partial charge in [0, 0.05) is 5.41 Å². The van der Waals surface area contributed by atoms with Gasteiger partial charge < -0.3 is 9.31 Å². The lowest BCUT2D eigenvalue weighted by Gasteiger charge is -2.32. The third-order valence-corrected chi connectivity index (χ3v) is 9.07. The van der Waals surface area contributed by atoms with E-state index in [9.17, 15) is 0 Å². The molecule has 2 nitrogen and oxygen atoms in total. The second-order valence-corrected chi connectivity index (χ2v) is 12.0. The van der Waals surface area contributed by atoms with Crippen molar-refractivity contribution in [2.24, 2.45) is 0 Å². The van der Waals surface area contributed by atoms with Crippen LogP contribution < -0.4 is 5.46 Å². The Kier molecular flexibility index (Phi) is 4.29. The van der Waals surface area contributed by atoms with Crippen LogP contribution in [0.4, 0.5) is 0 Å². The molecular weight excluding hydrogens is 439 g/mol. The Morgan fingerprint density at radius 1 is 0.556 bits per heavy atom. The van der Waals surface area contributed by atoms with Crippen LogP contribution in [0.3, 0.4) is 0 Å². The van der Waals surface area contributed by atoms with Crippen molar-refractivity contribution >= 4 is 44.9 Å². The van der Waals surface area contributed by atoms with Crippen LogP contribution >= 0.6 is 0 Å². The minimum absolute atomic E-state index is 0.121. The highest BCUT2D eigenvalue weighted by Gasteiger charge is 2.52. The fourth-order valence-electron chi connectivity index (χ4n) is 6.46. The van der Waals surface area contributed by atoms with Crippen LogP contribution in [-0.4, -0.2) is 18.3 Å². The molecule has 0 spiro atoms. The predicted molar refractivity (Wildman–Crippen MR) is 152 cm³/mol. The number of fused-ring (bicyclic) bond motifs is 10. The van der Waals surface area contributed by atoms with E-state index in [0.717, 1.165) is 5.46 Å². The highest BCUT2D eigenvalue weighted by molar-refractivity contribution is 6.62. The van der Waals surface area contributed by atoms with Crippen LogP contribution in [0.25, 0.3) is 43.4 Å². The molecule has 1 heterocycles. The van der Waals surface area contributed by atoms with Gasteiger partial charge in [0.15, 0.2) is 0 Å². The summed E-state index contributed by atoms with van der Waals surface area (Å²) in [6.07, 6.45) is 0. The first-order chi connectivity index (χ1) is 17.1. The molecule has 2 aliphatic rings. The van der Waals surface area contributed by atoms with Gasteiger partial charge in [0.1, 0.15) is 0 Å². The first-order valence-corrected chi connectivity index (χ1v) is 13.0. The van der Waals surface area contributed by atoms with Crippen molar-refractivity contribution in [1.82, 2.24) is 0 Å². The second-order valence-electron chi connectivity index (χ2n) is 12.0. The van der Waals surface area contributed by atoms with Crippen LogP contribution in [0, 0.1) is 0 Å². The molecule has 5 aromatic carbocycles. The molecule has 0 atom stereocenters. The molecule has 0 bridgehead atoms. The lowest BCUT2D eigenvalue weighted by Crippen LogP contribution is -2.41. The molecule has 178 valence electrons. The average Bonchev–Trinajstić information content (AvgIpc) is 3.23. The highest BCUT2D eigenvalue weighted by atomic mass is 16.7. The van der Waals surface area contributed by atoms with Gasteiger partial charge in [0.05, 0.1) is 11.2 Å². The number of hydrogen-bond donors (Lipinski definition) is 0. The van der Waals surface area contributed by atoms with Gasteiger partial charge in [-0.15, -0.1) is 0 Å². The summed E-state index contributed by atoms with van der Waals surface area (Å²) in [6.45, 7) is 13.2. The molecule has 0 saturated carbocycles. The third kappa shape index (κ3) is 2.76. The van der Waals surface area contributed by atoms with Gasteiger partial charge in [-0.25, -0.2) is 0 Å². The van der Waals surface area contributed by atoms with Crippen molar-refractivity contribution in [1.29, 1.82) is 0 Å². The Morgan fingerprint density at radius 3 is 1.69 bits per heavy atom. The minimum Gasteiger partial charge on any atom is -0.399 e. The largest absolute Gasteiger partial charge is 0.494 e. The van der Waals surface area contributed by atoms with Gasteiger partial charge in [0.25, 0.3) is 0 Å². The Morgan fingerprint density at radius 2 is 1.08 bits per heavy atom. The monoisotopic (exact) mass is 470 g/mol. The van der Waals surface area contributed by atoms with E-state index in [4.69, 9.17) is 9.31 Å². The van der Waals surface area contributed by atoms with Crippen LogP contribution in [0.2, 0.25) is 0 Å². The van der Waals surface area contributed by atoms with Crippen molar-refractivity contribution in [2.75, 3.05) is 0 Å². The number of rotatable bonds is 1. The third-order valence-electron chi connectivity index (χ3n) is 9.07. The maximum Gasteiger partial charge on any atom is 0.494 e. The molecular formula is C33H31BO2. The van der Waals surface area contributed by atoms with Gasteiger partial charge in [-0.3, -0.25) is 0 Å². The van der Waals surface area contributed by atoms with Crippen molar-refractivity contribution in [2.45, 2.75) is 58.2 Å². The van der Waals surface area contributed by atoms with Crippen LogP contribution in [0.15, 0.2) is 78.9 Å². The Hall–Kier alpha value is -3.14. The van der Waals surface area contributed by atoms with Crippen molar-refractivity contribution < 1.29 is 9.31 Å². The van der Waals surface area contributed by atoms with Gasteiger partial charge >= 0.3 is 7.12 Å². The molecule has 0 N–H and O–H groups in total. The topological polar surface area (TPSA) is 18.5 Å². The van der Waals surface area contributed by atoms with E-state index in [1.54, 1.807) is 0 Å². The Balaban J connectivity index is 1.51. The van der Waals surface area contributed by atoms with E-state index < -0.39 is 0 Å². The number of benzene rings is 5. The summed E-state index contributed by atoms with van der Waals surface area (Å²) in [5, 5.41) is 7.99. The summed E-state index contributed by atoms with van der Waals surface area (Å²) in [7, 11) is -0.363. The molecule has 0 radical (unpaired) electrons. The van der Waals surface area contributed by atoms with Crippen LogP contribution in [-0.2, 0) is 14.7 Å². The van der Waals surface area contributed by atoms with Gasteiger partial charge in [-0.05, 0) is 87.7 Å². The maximum atomic E-state index is 6.40. The lowest BCUT2D eigenvalue weighted by atomic mass is 9.75. The Labute approximate surface area is 213 Å². The fourth-order valence-corrected chi connectivity index (χ4v) is 6.46. The predicted octanol–water partition coefficient (Wildman–Crippen LogP) is 7.75. The van der Waals surface area contributed by atoms with Crippen LogP contribution in [0.1, 0.15) is 52.7 Å². The van der Waals surface area contributed by atoms with E-state index in [1.165, 1.54) is 54.6 Å². The van der Waals surface area contributed by atoms with Crippen molar-refractivity contribution in [3.05, 3.63) is 90.0 Å². The summed E-state index contributed by atoms with van der Waals surface area (Å²) in [5.41, 5.74) is 5.64. The number of hydrogen-bond acceptors (Lipinski definition) is 2. The molecule has 5 aromatic rings. The smallest absolute Gasteiger partial charge is 0.399 e. The standard InChI is InChI=1S/C33H31BO2/c1-31(2)28-18-15-20(34-35-32(3,4)33(5,6)36-34)19-27(28)26-17-16-25-23-13-8-7-11-21(23)22-12-9-10-14-24(22)29(25)30(26)31/h7-19H,1-6H3. The first-order valence-electron chi connectivity index (χ1n) is 13.0. The van der Waals surface area contributed by atoms with E-state index in [-0.39, 0.29) is 23.7 Å². The van der Waals surface area contributed by atoms with Gasteiger partial charge in [0.2, 0.25) is 0 Å². The van der Waals surface area contributed by atoms with Crippen molar-refractivity contribution in [3.8, 4) is 11.1 Å². The van der Waals surface area contributed by atoms with E-state index in [1.807, 2.05) is 0 Å². The van der Waals surface area contributed by atoms with E-state index in [2.05, 4.69) is 120 Å². The molecule has 1 saturated heterocycles. The zero-order valence-electron chi connectivity index (χ0n) is 21.9. The van der Waals surface area contributed by atoms with E-state index >= 15 is 0 Å².